The predicted octanol–water partition coefficient (Wildman–Crippen LogP) is 1.12. The third-order valence-electron chi connectivity index (χ3n) is 3.89. The molecule has 0 saturated heterocycles. The summed E-state index contributed by atoms with van der Waals surface area (Å²) < 4.78 is 0. The van der Waals surface area contributed by atoms with Gasteiger partial charge >= 0.3 is 0 Å². The van der Waals surface area contributed by atoms with Crippen LogP contribution in [0.2, 0.25) is 0 Å². The molecule has 0 radical (unpaired) electrons. The number of anilines is 2. The molecule has 4 N–H and O–H groups in total. The van der Waals surface area contributed by atoms with Gasteiger partial charge < -0.3 is 15.4 Å². The van der Waals surface area contributed by atoms with Crippen LogP contribution in [0, 0.1) is 13.8 Å². The van der Waals surface area contributed by atoms with Gasteiger partial charge in [0.25, 0.3) is 0 Å². The summed E-state index contributed by atoms with van der Waals surface area (Å²) in [7, 11) is 1.98. The Bertz CT molecular complexity index is 451. The van der Waals surface area contributed by atoms with E-state index in [1.165, 1.54) is 0 Å². The van der Waals surface area contributed by atoms with Gasteiger partial charge in [0.05, 0.1) is 12.1 Å². The van der Waals surface area contributed by atoms with Crippen molar-refractivity contribution in [3.8, 4) is 0 Å². The second-order valence-corrected chi connectivity index (χ2v) is 5.24. The first-order valence-corrected chi connectivity index (χ1v) is 6.77. The summed E-state index contributed by atoms with van der Waals surface area (Å²) in [6, 6.07) is 0.118. The minimum Gasteiger partial charge on any atom is -0.391 e. The van der Waals surface area contributed by atoms with Crippen LogP contribution in [0.3, 0.4) is 0 Å². The molecule has 2 unspecified atom stereocenters. The molecule has 0 aliphatic heterocycles. The number of aromatic nitrogens is 2. The maximum absolute atomic E-state index is 10.2. The number of nitrogens with zero attached hydrogens (tertiary/aromatic N) is 3. The smallest absolute Gasteiger partial charge is 0.148 e. The highest BCUT2D eigenvalue weighted by Crippen LogP contribution is 2.29. The van der Waals surface area contributed by atoms with Crippen LogP contribution in [-0.2, 0) is 0 Å². The second-order valence-electron chi connectivity index (χ2n) is 5.24. The van der Waals surface area contributed by atoms with Crippen LogP contribution in [0.4, 0.5) is 11.6 Å². The van der Waals surface area contributed by atoms with Crippen LogP contribution in [-0.4, -0.2) is 34.3 Å². The molecule has 1 fully saturated rings. The second kappa shape index (κ2) is 5.71. The summed E-state index contributed by atoms with van der Waals surface area (Å²) in [6.07, 6.45) is 3.81. The van der Waals surface area contributed by atoms with Crippen LogP contribution in [0.5, 0.6) is 0 Å². The maximum Gasteiger partial charge on any atom is 0.148 e. The van der Waals surface area contributed by atoms with Gasteiger partial charge in [-0.1, -0.05) is 12.8 Å². The Hall–Kier alpha value is -1.40. The Labute approximate surface area is 114 Å². The van der Waals surface area contributed by atoms with E-state index < -0.39 is 0 Å². The quantitative estimate of drug-likeness (QED) is 0.561. The summed E-state index contributed by atoms with van der Waals surface area (Å²) in [5.74, 6) is 7.64. The first-order valence-electron chi connectivity index (χ1n) is 6.77. The molecule has 1 aliphatic rings. The molecule has 0 amide bonds. The van der Waals surface area contributed by atoms with Gasteiger partial charge in [-0.15, -0.1) is 0 Å². The van der Waals surface area contributed by atoms with Crippen LogP contribution in [0.25, 0.3) is 0 Å². The van der Waals surface area contributed by atoms with Gasteiger partial charge in [0.1, 0.15) is 17.5 Å². The average Bonchev–Trinajstić information content (AvgIpc) is 2.40. The highest BCUT2D eigenvalue weighted by atomic mass is 16.3. The Balaban J connectivity index is 2.32. The summed E-state index contributed by atoms with van der Waals surface area (Å²) in [6.45, 7) is 3.78. The highest BCUT2D eigenvalue weighted by Gasteiger charge is 2.28. The Morgan fingerprint density at radius 3 is 2.58 bits per heavy atom. The van der Waals surface area contributed by atoms with Gasteiger partial charge in [0, 0.05) is 12.6 Å². The number of aliphatic hydroxyl groups excluding tert-OH is 1. The molecule has 0 spiro atoms. The topological polar surface area (TPSA) is 87.3 Å². The van der Waals surface area contributed by atoms with Crippen molar-refractivity contribution in [1.82, 2.24) is 9.97 Å². The number of nitrogens with two attached hydrogens (primary N) is 1. The van der Waals surface area contributed by atoms with Crippen LogP contribution in [0.15, 0.2) is 0 Å². The summed E-state index contributed by atoms with van der Waals surface area (Å²) >= 11 is 0. The van der Waals surface area contributed by atoms with Crippen molar-refractivity contribution >= 4 is 11.6 Å². The Morgan fingerprint density at radius 1 is 1.26 bits per heavy atom. The van der Waals surface area contributed by atoms with Crippen molar-refractivity contribution in [2.75, 3.05) is 17.4 Å². The number of nitrogen functional groups attached to an aromatic ring is 1. The molecule has 1 aliphatic carbocycles. The van der Waals surface area contributed by atoms with E-state index in [0.717, 1.165) is 37.1 Å². The lowest BCUT2D eigenvalue weighted by molar-refractivity contribution is 0.106. The minimum absolute atomic E-state index is 0.118. The van der Waals surface area contributed by atoms with Crippen molar-refractivity contribution in [3.63, 3.8) is 0 Å². The molecule has 0 aromatic carbocycles. The normalized spacial score (nSPS) is 23.2. The number of aliphatic hydroxyl groups is 1. The number of likely N-dealkylation sites (N-methyl/N-ethyl adjacent to an activating group) is 1. The lowest BCUT2D eigenvalue weighted by Gasteiger charge is -2.36. The fourth-order valence-electron chi connectivity index (χ4n) is 2.80. The number of hydrazine groups is 1. The van der Waals surface area contributed by atoms with E-state index in [1.54, 1.807) is 0 Å². The zero-order valence-corrected chi connectivity index (χ0v) is 11.8. The third-order valence-corrected chi connectivity index (χ3v) is 3.89. The van der Waals surface area contributed by atoms with E-state index in [0.29, 0.717) is 11.6 Å². The van der Waals surface area contributed by atoms with Gasteiger partial charge in [-0.3, -0.25) is 0 Å². The number of hydrogen-bond donors (Lipinski definition) is 3. The largest absolute Gasteiger partial charge is 0.391 e. The van der Waals surface area contributed by atoms with Crippen LogP contribution in [0.1, 0.15) is 37.1 Å². The van der Waals surface area contributed by atoms with Crippen molar-refractivity contribution in [2.45, 2.75) is 51.7 Å². The maximum atomic E-state index is 10.2. The highest BCUT2D eigenvalue weighted by molar-refractivity contribution is 5.58. The standard InChI is InChI=1S/C13H23N5O/c1-8-12(17-14)15-9(2)16-13(8)18(3)10-6-4-5-7-11(10)19/h10-11,19H,4-7,14H2,1-3H3,(H,15,16,17). The molecule has 106 valence electrons. The molecule has 6 heteroatoms. The van der Waals surface area contributed by atoms with E-state index in [-0.39, 0.29) is 12.1 Å². The molecule has 1 aromatic heterocycles. The molecule has 6 nitrogen and oxygen atoms in total. The lowest BCUT2D eigenvalue weighted by atomic mass is 9.91. The molecule has 1 heterocycles. The fourth-order valence-corrected chi connectivity index (χ4v) is 2.80. The minimum atomic E-state index is -0.289. The number of nitrogens with one attached hydrogen (secondary N) is 1. The molecule has 1 saturated carbocycles. The van der Waals surface area contributed by atoms with Crippen molar-refractivity contribution < 1.29 is 5.11 Å². The van der Waals surface area contributed by atoms with Crippen molar-refractivity contribution in [2.24, 2.45) is 5.84 Å². The number of rotatable bonds is 3. The zero-order chi connectivity index (χ0) is 14.0. The van der Waals surface area contributed by atoms with E-state index in [9.17, 15) is 5.11 Å². The molecule has 2 atom stereocenters. The summed E-state index contributed by atoms with van der Waals surface area (Å²) in [4.78, 5) is 10.8. The molecule has 1 aromatic rings. The van der Waals surface area contributed by atoms with Crippen molar-refractivity contribution in [3.05, 3.63) is 11.4 Å². The molecular weight excluding hydrogens is 242 g/mol. The fraction of sp³-hybridized carbons (Fsp3) is 0.692. The van der Waals surface area contributed by atoms with Crippen LogP contribution >= 0.6 is 0 Å². The van der Waals surface area contributed by atoms with Gasteiger partial charge in [0.15, 0.2) is 0 Å². The third kappa shape index (κ3) is 2.79. The van der Waals surface area contributed by atoms with Gasteiger partial charge in [-0.25, -0.2) is 15.8 Å². The molecule has 19 heavy (non-hydrogen) atoms. The Morgan fingerprint density at radius 2 is 1.95 bits per heavy atom. The Kier molecular flexibility index (Phi) is 4.21. The molecule has 0 bridgehead atoms. The van der Waals surface area contributed by atoms with E-state index in [4.69, 9.17) is 5.84 Å². The summed E-state index contributed by atoms with van der Waals surface area (Å²) in [5.41, 5.74) is 3.52. The molecular formula is C13H23N5O. The first-order chi connectivity index (χ1) is 9.04. The molecule has 2 rings (SSSR count). The summed E-state index contributed by atoms with van der Waals surface area (Å²) in [5, 5.41) is 10.2. The first kappa shape index (κ1) is 14.0. The SMILES string of the molecule is Cc1nc(NN)c(C)c(N(C)C2CCCCC2O)n1. The number of aryl methyl sites for hydroxylation is 1. The number of hydrogen-bond acceptors (Lipinski definition) is 6. The monoisotopic (exact) mass is 265 g/mol. The van der Waals surface area contributed by atoms with Crippen molar-refractivity contribution in [1.29, 1.82) is 0 Å². The zero-order valence-electron chi connectivity index (χ0n) is 11.8. The van der Waals surface area contributed by atoms with E-state index >= 15 is 0 Å². The lowest BCUT2D eigenvalue weighted by Crippen LogP contribution is -2.44. The predicted molar refractivity (Wildman–Crippen MR) is 76.0 cm³/mol. The van der Waals surface area contributed by atoms with Gasteiger partial charge in [-0.05, 0) is 26.7 Å². The van der Waals surface area contributed by atoms with Gasteiger partial charge in [0.2, 0.25) is 0 Å². The van der Waals surface area contributed by atoms with E-state index in [1.807, 2.05) is 20.9 Å². The average molecular weight is 265 g/mol. The van der Waals surface area contributed by atoms with Gasteiger partial charge in [-0.2, -0.15) is 0 Å². The van der Waals surface area contributed by atoms with Crippen LogP contribution < -0.4 is 16.2 Å². The van der Waals surface area contributed by atoms with E-state index in [2.05, 4.69) is 20.3 Å².